The third-order valence-corrected chi connectivity index (χ3v) is 11.1. The van der Waals surface area contributed by atoms with Crippen LogP contribution in [0.15, 0.2) is 91.0 Å². The highest BCUT2D eigenvalue weighted by atomic mass is 16.3. The number of aliphatic hydroxyl groups is 2. The predicted molar refractivity (Wildman–Crippen MR) is 229 cm³/mol. The van der Waals surface area contributed by atoms with Crippen LogP contribution in [0.2, 0.25) is 0 Å². The average molecular weight is 798 g/mol. The molecule has 11 nitrogen and oxygen atoms in total. The zero-order chi connectivity index (χ0) is 41.4. The van der Waals surface area contributed by atoms with Gasteiger partial charge in [0.15, 0.2) is 0 Å². The molecule has 5 N–H and O–H groups in total. The molecular weight excluding hydrogens is 731 g/mol. The van der Waals surface area contributed by atoms with Crippen molar-refractivity contribution in [3.63, 3.8) is 0 Å². The second-order valence-electron chi connectivity index (χ2n) is 15.7. The molecule has 0 bridgehead atoms. The summed E-state index contributed by atoms with van der Waals surface area (Å²) in [5, 5.41) is 21.4. The Bertz CT molecular complexity index is 1520. The summed E-state index contributed by atoms with van der Waals surface area (Å²) in [5.41, 5.74) is 9.45. The largest absolute Gasteiger partial charge is 0.393 e. The number of nitrogens with zero attached hydrogens (tertiary/aromatic N) is 3. The molecule has 0 aromatic heterocycles. The number of nitrogens with one attached hydrogen (secondary N) is 1. The van der Waals surface area contributed by atoms with Gasteiger partial charge in [0.05, 0.1) is 12.2 Å². The molecule has 3 aromatic carbocycles. The summed E-state index contributed by atoms with van der Waals surface area (Å²) >= 11 is 0. The molecule has 0 aliphatic carbocycles. The summed E-state index contributed by atoms with van der Waals surface area (Å²) in [4.78, 5) is 52.5. The van der Waals surface area contributed by atoms with Crippen LogP contribution in [-0.4, -0.2) is 119 Å². The lowest BCUT2D eigenvalue weighted by atomic mass is 10.0. The van der Waals surface area contributed by atoms with Gasteiger partial charge < -0.3 is 36.0 Å². The van der Waals surface area contributed by atoms with Crippen LogP contribution in [0, 0.1) is 0 Å². The van der Waals surface area contributed by atoms with Crippen molar-refractivity contribution in [3.05, 3.63) is 108 Å². The topological polar surface area (TPSA) is 157 Å². The molecule has 4 saturated heterocycles. The van der Waals surface area contributed by atoms with Gasteiger partial charge in [0, 0.05) is 77.4 Å². The van der Waals surface area contributed by atoms with E-state index in [1.54, 1.807) is 0 Å². The van der Waals surface area contributed by atoms with Gasteiger partial charge in [-0.15, -0.1) is 0 Å². The third kappa shape index (κ3) is 18.4. The highest BCUT2D eigenvalue weighted by molar-refractivity contribution is 5.83. The fourth-order valence-electron chi connectivity index (χ4n) is 7.24. The molecule has 316 valence electrons. The number of aliphatic hydroxyl groups excluding tert-OH is 2. The quantitative estimate of drug-likeness (QED) is 0.243. The molecule has 4 heterocycles. The molecule has 0 saturated carbocycles. The molecule has 4 fully saturated rings. The van der Waals surface area contributed by atoms with Gasteiger partial charge in [0.25, 0.3) is 0 Å². The van der Waals surface area contributed by atoms with Crippen molar-refractivity contribution in [2.45, 2.75) is 108 Å². The first-order valence-corrected chi connectivity index (χ1v) is 21.5. The van der Waals surface area contributed by atoms with Crippen LogP contribution in [0.3, 0.4) is 0 Å². The summed E-state index contributed by atoms with van der Waals surface area (Å²) in [7, 11) is 0. The molecule has 58 heavy (non-hydrogen) atoms. The molecule has 7 rings (SSSR count). The lowest BCUT2D eigenvalue weighted by molar-refractivity contribution is -0.135. The second kappa shape index (κ2) is 26.6. The number of amides is 3. The lowest BCUT2D eigenvalue weighted by Gasteiger charge is -2.30. The van der Waals surface area contributed by atoms with Crippen LogP contribution in [0.4, 0.5) is 0 Å². The molecule has 0 radical (unpaired) electrons. The molecule has 11 heteroatoms. The maximum Gasteiger partial charge on any atom is 0.222 e. The zero-order valence-electron chi connectivity index (χ0n) is 34.4. The molecule has 3 aromatic rings. The molecule has 0 atom stereocenters. The molecule has 4 aliphatic heterocycles. The van der Waals surface area contributed by atoms with Crippen LogP contribution in [-0.2, 0) is 38.4 Å². The highest BCUT2D eigenvalue weighted by Crippen LogP contribution is 2.14. The first-order valence-electron chi connectivity index (χ1n) is 21.5. The Kier molecular flexibility index (Phi) is 21.2. The lowest BCUT2D eigenvalue weighted by Crippen LogP contribution is -2.42. The van der Waals surface area contributed by atoms with Gasteiger partial charge in [-0.2, -0.15) is 0 Å². The number of rotatable bonds is 9. The molecule has 0 spiro atoms. The summed E-state index contributed by atoms with van der Waals surface area (Å²) in [6.07, 6.45) is 10.1. The van der Waals surface area contributed by atoms with E-state index in [4.69, 9.17) is 10.8 Å². The fraction of sp³-hybridized carbons (Fsp3) is 0.532. The van der Waals surface area contributed by atoms with Crippen molar-refractivity contribution in [2.75, 3.05) is 52.4 Å². The minimum atomic E-state index is -0.215. The van der Waals surface area contributed by atoms with Crippen LogP contribution < -0.4 is 11.1 Å². The first-order chi connectivity index (χ1) is 28.2. The van der Waals surface area contributed by atoms with Crippen LogP contribution in [0.25, 0.3) is 0 Å². The summed E-state index contributed by atoms with van der Waals surface area (Å²) < 4.78 is 0. The van der Waals surface area contributed by atoms with E-state index in [0.717, 1.165) is 84.0 Å². The van der Waals surface area contributed by atoms with Gasteiger partial charge in [0.2, 0.25) is 17.7 Å². The number of benzene rings is 3. The second-order valence-corrected chi connectivity index (χ2v) is 15.7. The smallest absolute Gasteiger partial charge is 0.222 e. The Balaban J connectivity index is 0.000000177. The van der Waals surface area contributed by atoms with E-state index in [-0.39, 0.29) is 41.8 Å². The summed E-state index contributed by atoms with van der Waals surface area (Å²) in [6.45, 7) is 6.24. The molecule has 0 unspecified atom stereocenters. The van der Waals surface area contributed by atoms with Crippen molar-refractivity contribution < 1.29 is 29.4 Å². The monoisotopic (exact) mass is 798 g/mol. The van der Waals surface area contributed by atoms with E-state index < -0.39 is 0 Å². The Morgan fingerprint density at radius 3 is 1.19 bits per heavy atom. The van der Waals surface area contributed by atoms with E-state index in [1.807, 2.05) is 93.6 Å². The summed E-state index contributed by atoms with van der Waals surface area (Å²) in [6, 6.07) is 30.5. The number of carbonyl (C=O) groups is 4. The first kappa shape index (κ1) is 46.3. The minimum absolute atomic E-state index is 0.0266. The van der Waals surface area contributed by atoms with Crippen molar-refractivity contribution in [1.82, 2.24) is 20.0 Å². The number of nitrogens with two attached hydrogens (primary N) is 1. The van der Waals surface area contributed by atoms with Gasteiger partial charge in [-0.05, 0) is 87.6 Å². The van der Waals surface area contributed by atoms with E-state index in [2.05, 4.69) is 17.4 Å². The summed E-state index contributed by atoms with van der Waals surface area (Å²) in [5.74, 6) is 0.917. The zero-order valence-corrected chi connectivity index (χ0v) is 34.4. The number of Topliss-reactive ketones (excluding diaryl/α,β-unsaturated/α-hetero) is 1. The fourth-order valence-corrected chi connectivity index (χ4v) is 7.24. The number of piperidine rings is 4. The number of hydrogen-bond acceptors (Lipinski definition) is 8. The maximum absolute atomic E-state index is 12.0. The number of carbonyl (C=O) groups excluding carboxylic acids is 4. The molecular formula is C47H67N5O6. The van der Waals surface area contributed by atoms with Crippen molar-refractivity contribution >= 4 is 23.5 Å². The molecule has 4 aliphatic rings. The van der Waals surface area contributed by atoms with E-state index in [0.29, 0.717) is 58.3 Å². The van der Waals surface area contributed by atoms with Crippen LogP contribution in [0.1, 0.15) is 87.3 Å². The SMILES string of the molecule is NC1CCN(C(=O)CCc2ccccc2)CC1.O=C(CCc1ccccc1)N1CCC(O)CC1.O=C1CCN(C(=O)CCc2ccccc2)CC1.OC1CCNCC1. The average Bonchev–Trinajstić information content (AvgIpc) is 3.27. The van der Waals surface area contributed by atoms with E-state index in [1.165, 1.54) is 16.7 Å². The van der Waals surface area contributed by atoms with Crippen molar-refractivity contribution in [2.24, 2.45) is 5.73 Å². The Morgan fingerprint density at radius 1 is 0.517 bits per heavy atom. The van der Waals surface area contributed by atoms with Gasteiger partial charge >= 0.3 is 0 Å². The Hall–Kier alpha value is -4.42. The number of hydrogen-bond donors (Lipinski definition) is 4. The van der Waals surface area contributed by atoms with Crippen LogP contribution in [0.5, 0.6) is 0 Å². The number of ketones is 1. The highest BCUT2D eigenvalue weighted by Gasteiger charge is 2.22. The van der Waals surface area contributed by atoms with E-state index in [9.17, 15) is 24.3 Å². The molecule has 3 amide bonds. The van der Waals surface area contributed by atoms with E-state index >= 15 is 0 Å². The maximum atomic E-state index is 12.0. The number of aryl methyl sites for hydroxylation is 3. The van der Waals surface area contributed by atoms with Crippen LogP contribution >= 0.6 is 0 Å². The number of likely N-dealkylation sites (tertiary alicyclic amines) is 3. The standard InChI is InChI=1S/C14H20N2O.C14H19NO2.C14H17NO2.C5H11NO/c15-13-8-10-16(11-9-13)14(17)7-6-12-4-2-1-3-5-12;2*16-13-8-10-15(11-9-13)14(17)7-6-12-4-2-1-3-5-12;7-5-1-3-6-4-2-5/h1-5,13H,6-11,15H2;1-5,13,16H,6-11H2;1-5H,6-11H2;5-7H,1-4H2. The third-order valence-electron chi connectivity index (χ3n) is 11.1. The Labute approximate surface area is 346 Å². The predicted octanol–water partition coefficient (Wildman–Crippen LogP) is 4.71. The van der Waals surface area contributed by atoms with Crippen molar-refractivity contribution in [3.8, 4) is 0 Å². The Morgan fingerprint density at radius 2 is 0.845 bits per heavy atom. The van der Waals surface area contributed by atoms with Gasteiger partial charge in [-0.3, -0.25) is 19.2 Å². The van der Waals surface area contributed by atoms with Gasteiger partial charge in [-0.1, -0.05) is 91.0 Å². The minimum Gasteiger partial charge on any atom is -0.393 e. The van der Waals surface area contributed by atoms with Gasteiger partial charge in [-0.25, -0.2) is 0 Å². The normalized spacial score (nSPS) is 17.8. The van der Waals surface area contributed by atoms with Gasteiger partial charge in [0.1, 0.15) is 5.78 Å². The van der Waals surface area contributed by atoms with Crippen molar-refractivity contribution in [1.29, 1.82) is 0 Å².